The predicted octanol–water partition coefficient (Wildman–Crippen LogP) is 7.32. The first-order chi connectivity index (χ1) is 13.0. The highest BCUT2D eigenvalue weighted by atomic mass is 16.5. The van der Waals surface area contributed by atoms with E-state index in [0.29, 0.717) is 12.2 Å². The van der Waals surface area contributed by atoms with Gasteiger partial charge in [0.05, 0.1) is 18.1 Å². The fourth-order valence-electron chi connectivity index (χ4n) is 2.49. The SMILES string of the molecule is C.C.C.C.CCC(CC(C)C(=O)O)C(=O)Oc1ccc(/C=C/Oc2ccccc2)cc1. The van der Waals surface area contributed by atoms with Crippen molar-refractivity contribution in [3.63, 3.8) is 0 Å². The molecule has 0 amide bonds. The number of carboxylic acid groups (broad SMARTS) is 1. The van der Waals surface area contributed by atoms with Crippen molar-refractivity contribution in [2.75, 3.05) is 0 Å². The Bertz CT molecular complexity index is 766. The van der Waals surface area contributed by atoms with E-state index < -0.39 is 23.8 Å². The van der Waals surface area contributed by atoms with Crippen LogP contribution in [0.25, 0.3) is 6.08 Å². The maximum absolute atomic E-state index is 12.3. The Balaban J connectivity index is -0.00000196. The average molecular weight is 433 g/mol. The highest BCUT2D eigenvalue weighted by Gasteiger charge is 2.24. The monoisotopic (exact) mass is 432 g/mol. The number of carbonyl (C=O) groups excluding carboxylic acids is 1. The van der Waals surface area contributed by atoms with Crippen molar-refractivity contribution in [3.8, 4) is 11.5 Å². The van der Waals surface area contributed by atoms with E-state index in [1.54, 1.807) is 25.3 Å². The van der Waals surface area contributed by atoms with E-state index in [-0.39, 0.29) is 36.1 Å². The van der Waals surface area contributed by atoms with E-state index in [1.165, 1.54) is 0 Å². The van der Waals surface area contributed by atoms with Crippen molar-refractivity contribution >= 4 is 18.0 Å². The summed E-state index contributed by atoms with van der Waals surface area (Å²) < 4.78 is 10.9. The summed E-state index contributed by atoms with van der Waals surface area (Å²) in [5.74, 6) is -1.14. The lowest BCUT2D eigenvalue weighted by molar-refractivity contribution is -0.144. The van der Waals surface area contributed by atoms with E-state index in [9.17, 15) is 9.59 Å². The molecule has 0 spiro atoms. The smallest absolute Gasteiger partial charge is 0.314 e. The molecule has 0 aliphatic rings. The van der Waals surface area contributed by atoms with Crippen molar-refractivity contribution in [3.05, 3.63) is 66.4 Å². The summed E-state index contributed by atoms with van der Waals surface area (Å²) in [4.78, 5) is 23.2. The molecule has 0 aromatic heterocycles. The Hall–Kier alpha value is -3.08. The Kier molecular flexibility index (Phi) is 17.5. The number of esters is 1. The zero-order chi connectivity index (χ0) is 19.6. The number of carboxylic acids is 1. The van der Waals surface area contributed by atoms with Crippen molar-refractivity contribution < 1.29 is 24.2 Å². The molecular formula is C26H40O5. The fraction of sp³-hybridized carbons (Fsp3) is 0.385. The summed E-state index contributed by atoms with van der Waals surface area (Å²) in [5.41, 5.74) is 0.900. The Morgan fingerprint density at radius 1 is 0.935 bits per heavy atom. The van der Waals surface area contributed by atoms with Gasteiger partial charge >= 0.3 is 11.9 Å². The second kappa shape index (κ2) is 16.7. The molecule has 2 unspecified atom stereocenters. The van der Waals surface area contributed by atoms with Crippen LogP contribution in [0, 0.1) is 11.8 Å². The van der Waals surface area contributed by atoms with Crippen molar-refractivity contribution in [2.24, 2.45) is 11.8 Å². The van der Waals surface area contributed by atoms with Crippen LogP contribution >= 0.6 is 0 Å². The molecule has 2 atom stereocenters. The van der Waals surface area contributed by atoms with Crippen LogP contribution < -0.4 is 9.47 Å². The van der Waals surface area contributed by atoms with Gasteiger partial charge in [-0.15, -0.1) is 0 Å². The number of para-hydroxylation sites is 1. The summed E-state index contributed by atoms with van der Waals surface area (Å²) in [5, 5.41) is 9.00. The molecule has 5 nitrogen and oxygen atoms in total. The standard InChI is InChI=1S/C22H24O5.4CH4/c1-3-18(15-16(2)21(23)24)22(25)27-20-11-9-17(10-12-20)13-14-26-19-7-5-4-6-8-19;;;;/h4-14,16,18H,3,15H2,1-2H3,(H,23,24);4*1H4/b14-13+;;;;. The summed E-state index contributed by atoms with van der Waals surface area (Å²) >= 11 is 0. The minimum atomic E-state index is -0.907. The first-order valence-electron chi connectivity index (χ1n) is 8.92. The van der Waals surface area contributed by atoms with Crippen LogP contribution in [0.3, 0.4) is 0 Å². The van der Waals surface area contributed by atoms with E-state index in [1.807, 2.05) is 55.5 Å². The third-order valence-corrected chi connectivity index (χ3v) is 4.19. The van der Waals surface area contributed by atoms with E-state index >= 15 is 0 Å². The van der Waals surface area contributed by atoms with Crippen LogP contribution in [-0.4, -0.2) is 17.0 Å². The number of aliphatic carboxylic acids is 1. The van der Waals surface area contributed by atoms with Crippen LogP contribution in [0.1, 0.15) is 62.0 Å². The van der Waals surface area contributed by atoms with Crippen LogP contribution in [0.2, 0.25) is 0 Å². The van der Waals surface area contributed by atoms with Crippen molar-refractivity contribution in [2.45, 2.75) is 56.4 Å². The summed E-state index contributed by atoms with van der Waals surface area (Å²) in [6.07, 6.45) is 4.20. The first-order valence-corrected chi connectivity index (χ1v) is 8.92. The molecule has 5 heteroatoms. The van der Waals surface area contributed by atoms with Gasteiger partial charge in [-0.2, -0.15) is 0 Å². The molecule has 174 valence electrons. The number of benzene rings is 2. The number of carbonyl (C=O) groups is 2. The summed E-state index contributed by atoms with van der Waals surface area (Å²) in [6.45, 7) is 3.44. The molecule has 0 radical (unpaired) electrons. The minimum absolute atomic E-state index is 0. The summed E-state index contributed by atoms with van der Waals surface area (Å²) in [6, 6.07) is 16.5. The fourth-order valence-corrected chi connectivity index (χ4v) is 2.49. The minimum Gasteiger partial charge on any atom is -0.481 e. The molecule has 0 aliphatic carbocycles. The predicted molar refractivity (Wildman–Crippen MR) is 130 cm³/mol. The normalized spacial score (nSPS) is 11.4. The van der Waals surface area contributed by atoms with Crippen LogP contribution in [0.5, 0.6) is 11.5 Å². The highest BCUT2D eigenvalue weighted by molar-refractivity contribution is 5.76. The third-order valence-electron chi connectivity index (χ3n) is 4.19. The molecule has 2 aromatic rings. The maximum atomic E-state index is 12.3. The van der Waals surface area contributed by atoms with E-state index in [0.717, 1.165) is 11.3 Å². The van der Waals surface area contributed by atoms with Crippen LogP contribution in [0.15, 0.2) is 60.9 Å². The lowest BCUT2D eigenvalue weighted by atomic mass is 9.94. The quantitative estimate of drug-likeness (QED) is 0.255. The zero-order valence-electron chi connectivity index (χ0n) is 15.5. The lowest BCUT2D eigenvalue weighted by Gasteiger charge is -2.16. The number of ether oxygens (including phenoxy) is 2. The van der Waals surface area contributed by atoms with Gasteiger partial charge in [0.15, 0.2) is 0 Å². The molecular weight excluding hydrogens is 392 g/mol. The highest BCUT2D eigenvalue weighted by Crippen LogP contribution is 2.21. The van der Waals surface area contributed by atoms with Gasteiger partial charge in [0.2, 0.25) is 0 Å². The number of hydrogen-bond donors (Lipinski definition) is 1. The van der Waals surface area contributed by atoms with Gasteiger partial charge in [0, 0.05) is 0 Å². The van der Waals surface area contributed by atoms with E-state index in [4.69, 9.17) is 14.6 Å². The van der Waals surface area contributed by atoms with Crippen LogP contribution in [0.4, 0.5) is 0 Å². The molecule has 0 saturated heterocycles. The average Bonchev–Trinajstić information content (AvgIpc) is 2.68. The Morgan fingerprint density at radius 3 is 2.03 bits per heavy atom. The molecule has 0 fully saturated rings. The Morgan fingerprint density at radius 2 is 1.52 bits per heavy atom. The molecule has 2 rings (SSSR count). The molecule has 2 aromatic carbocycles. The zero-order valence-corrected chi connectivity index (χ0v) is 15.5. The van der Waals surface area contributed by atoms with Gasteiger partial charge in [-0.3, -0.25) is 9.59 Å². The van der Waals surface area contributed by atoms with Gasteiger partial charge in [-0.1, -0.05) is 73.9 Å². The van der Waals surface area contributed by atoms with Gasteiger partial charge in [-0.25, -0.2) is 0 Å². The second-order valence-electron chi connectivity index (χ2n) is 6.30. The largest absolute Gasteiger partial charge is 0.481 e. The van der Waals surface area contributed by atoms with Crippen LogP contribution in [-0.2, 0) is 9.59 Å². The molecule has 0 bridgehead atoms. The second-order valence-corrected chi connectivity index (χ2v) is 6.30. The van der Waals surface area contributed by atoms with Gasteiger partial charge in [-0.05, 0) is 48.7 Å². The van der Waals surface area contributed by atoms with Crippen molar-refractivity contribution in [1.82, 2.24) is 0 Å². The summed E-state index contributed by atoms with van der Waals surface area (Å²) in [7, 11) is 0. The van der Waals surface area contributed by atoms with Gasteiger partial charge < -0.3 is 14.6 Å². The van der Waals surface area contributed by atoms with Gasteiger partial charge in [0.1, 0.15) is 11.5 Å². The van der Waals surface area contributed by atoms with Gasteiger partial charge in [0.25, 0.3) is 0 Å². The first kappa shape index (κ1) is 32.6. The van der Waals surface area contributed by atoms with Crippen molar-refractivity contribution in [1.29, 1.82) is 0 Å². The topological polar surface area (TPSA) is 72.8 Å². The molecule has 1 N–H and O–H groups in total. The third kappa shape index (κ3) is 11.0. The molecule has 0 saturated carbocycles. The molecule has 0 aliphatic heterocycles. The lowest BCUT2D eigenvalue weighted by Crippen LogP contribution is -2.24. The molecule has 0 heterocycles. The molecule has 31 heavy (non-hydrogen) atoms. The maximum Gasteiger partial charge on any atom is 0.314 e. The Labute approximate surface area is 188 Å². The number of rotatable bonds is 9. The number of hydrogen-bond acceptors (Lipinski definition) is 4. The van der Waals surface area contributed by atoms with E-state index in [2.05, 4.69) is 0 Å².